The monoisotopic (exact) mass is 336 g/mol. The number of hydrogen-bond donors (Lipinski definition) is 2. The fourth-order valence-electron chi connectivity index (χ4n) is 1.86. The van der Waals surface area contributed by atoms with Crippen LogP contribution in [0.5, 0.6) is 0 Å². The molecule has 1 heterocycles. The van der Waals surface area contributed by atoms with Gasteiger partial charge in [0, 0.05) is 19.7 Å². The summed E-state index contributed by atoms with van der Waals surface area (Å²) in [6.45, 7) is 0. The number of nitrogens with zero attached hydrogens (tertiary/aromatic N) is 4. The molecule has 4 N–H and O–H groups in total. The number of aromatic nitrogens is 2. The maximum Gasteiger partial charge on any atom is 0.245 e. The van der Waals surface area contributed by atoms with Gasteiger partial charge in [0.05, 0.1) is 5.69 Å². The number of nitrogen functional groups attached to an aromatic ring is 2. The van der Waals surface area contributed by atoms with Crippen LogP contribution in [0, 0.1) is 17.1 Å². The summed E-state index contributed by atoms with van der Waals surface area (Å²) >= 11 is 0. The van der Waals surface area contributed by atoms with Crippen LogP contribution < -0.4 is 11.5 Å². The van der Waals surface area contributed by atoms with Crippen LogP contribution in [0.4, 0.5) is 16.2 Å². The first-order valence-corrected chi connectivity index (χ1v) is 7.68. The van der Waals surface area contributed by atoms with Crippen molar-refractivity contribution in [3.8, 4) is 17.3 Å². The third kappa shape index (κ3) is 2.92. The summed E-state index contributed by atoms with van der Waals surface area (Å²) in [4.78, 5) is 7.03. The molecule has 23 heavy (non-hydrogen) atoms. The highest BCUT2D eigenvalue weighted by Gasteiger charge is 2.23. The zero-order chi connectivity index (χ0) is 17.4. The Hall–Kier alpha value is -2.77. The fraction of sp³-hybridized carbons (Fsp3) is 0.154. The number of nitriles is 1. The van der Waals surface area contributed by atoms with Crippen LogP contribution in [0.3, 0.4) is 0 Å². The quantitative estimate of drug-likeness (QED) is 0.835. The largest absolute Gasteiger partial charge is 0.382 e. The van der Waals surface area contributed by atoms with Gasteiger partial charge in [0.1, 0.15) is 28.2 Å². The van der Waals surface area contributed by atoms with Crippen molar-refractivity contribution in [3.63, 3.8) is 0 Å². The molecule has 0 fully saturated rings. The number of anilines is 2. The Morgan fingerprint density at radius 1 is 1.26 bits per heavy atom. The van der Waals surface area contributed by atoms with E-state index in [1.807, 2.05) is 6.07 Å². The second-order valence-electron chi connectivity index (χ2n) is 4.74. The molecule has 0 unspecified atom stereocenters. The van der Waals surface area contributed by atoms with Crippen molar-refractivity contribution in [2.24, 2.45) is 0 Å². The van der Waals surface area contributed by atoms with Crippen molar-refractivity contribution in [3.05, 3.63) is 29.6 Å². The van der Waals surface area contributed by atoms with Gasteiger partial charge in [-0.25, -0.2) is 22.1 Å². The Labute approximate surface area is 132 Å². The van der Waals surface area contributed by atoms with Gasteiger partial charge in [0.25, 0.3) is 0 Å². The number of benzene rings is 1. The van der Waals surface area contributed by atoms with Gasteiger partial charge in [0.15, 0.2) is 0 Å². The third-order valence-electron chi connectivity index (χ3n) is 3.03. The van der Waals surface area contributed by atoms with Crippen LogP contribution in [-0.2, 0) is 10.0 Å². The van der Waals surface area contributed by atoms with E-state index < -0.39 is 20.7 Å². The van der Waals surface area contributed by atoms with Crippen LogP contribution in [0.15, 0.2) is 23.1 Å². The minimum atomic E-state index is -4.01. The highest BCUT2D eigenvalue weighted by Crippen LogP contribution is 2.29. The van der Waals surface area contributed by atoms with E-state index in [0.29, 0.717) is 0 Å². The molecular formula is C13H13FN6O2S. The Morgan fingerprint density at radius 3 is 2.48 bits per heavy atom. The van der Waals surface area contributed by atoms with Gasteiger partial charge in [-0.1, -0.05) is 0 Å². The predicted molar refractivity (Wildman–Crippen MR) is 81.8 cm³/mol. The molecule has 8 nitrogen and oxygen atoms in total. The lowest BCUT2D eigenvalue weighted by Gasteiger charge is -2.13. The van der Waals surface area contributed by atoms with Crippen molar-refractivity contribution >= 4 is 21.8 Å². The normalized spacial score (nSPS) is 11.4. The Balaban J connectivity index is 2.76. The number of halogens is 1. The summed E-state index contributed by atoms with van der Waals surface area (Å²) in [5, 5.41) is 9.17. The van der Waals surface area contributed by atoms with Crippen LogP contribution in [0.2, 0.25) is 0 Å². The molecule has 2 rings (SSSR count). The van der Waals surface area contributed by atoms with E-state index in [1.54, 1.807) is 0 Å². The standard InChI is InChI=1S/C13H13FN6O2S/c1-20(2)23(21,22)10-5-7(3-4-9(10)14)11-8(6-15)12(16)19-13(17)18-11/h3-5H,1-2H3,(H4,16,17,18,19). The van der Waals surface area contributed by atoms with E-state index in [1.165, 1.54) is 20.2 Å². The molecule has 0 saturated carbocycles. The Morgan fingerprint density at radius 2 is 1.91 bits per heavy atom. The molecular weight excluding hydrogens is 323 g/mol. The first-order chi connectivity index (χ1) is 10.7. The molecule has 2 aromatic rings. The second-order valence-corrected chi connectivity index (χ2v) is 6.86. The summed E-state index contributed by atoms with van der Waals surface area (Å²) in [7, 11) is -1.45. The number of sulfonamides is 1. The van der Waals surface area contributed by atoms with Crippen LogP contribution in [0.1, 0.15) is 5.56 Å². The molecule has 0 atom stereocenters. The van der Waals surface area contributed by atoms with Crippen molar-refractivity contribution in [1.82, 2.24) is 14.3 Å². The van der Waals surface area contributed by atoms with Gasteiger partial charge in [-0.15, -0.1) is 0 Å². The average Bonchev–Trinajstić information content (AvgIpc) is 2.46. The highest BCUT2D eigenvalue weighted by molar-refractivity contribution is 7.89. The molecule has 0 radical (unpaired) electrons. The molecule has 1 aromatic heterocycles. The number of nitrogens with two attached hydrogens (primary N) is 2. The molecule has 0 bridgehead atoms. The van der Waals surface area contributed by atoms with Gasteiger partial charge in [-0.05, 0) is 18.2 Å². The second kappa shape index (κ2) is 5.79. The molecule has 0 spiro atoms. The fourth-order valence-corrected chi connectivity index (χ4v) is 2.84. The lowest BCUT2D eigenvalue weighted by Crippen LogP contribution is -2.23. The van der Waals surface area contributed by atoms with Gasteiger partial charge < -0.3 is 11.5 Å². The summed E-state index contributed by atoms with van der Waals surface area (Å²) in [5.74, 6) is -1.25. The molecule has 0 aliphatic rings. The van der Waals surface area contributed by atoms with Gasteiger partial charge in [-0.2, -0.15) is 10.2 Å². The number of rotatable bonds is 3. The molecule has 0 aliphatic heterocycles. The highest BCUT2D eigenvalue weighted by atomic mass is 32.2. The van der Waals surface area contributed by atoms with Crippen molar-refractivity contribution in [1.29, 1.82) is 5.26 Å². The molecule has 120 valence electrons. The van der Waals surface area contributed by atoms with E-state index in [4.69, 9.17) is 11.5 Å². The van der Waals surface area contributed by atoms with Crippen LogP contribution in [0.25, 0.3) is 11.3 Å². The van der Waals surface area contributed by atoms with Crippen molar-refractivity contribution in [2.45, 2.75) is 4.90 Å². The van der Waals surface area contributed by atoms with Crippen LogP contribution in [-0.4, -0.2) is 36.8 Å². The summed E-state index contributed by atoms with van der Waals surface area (Å²) in [5.41, 5.74) is 11.3. The zero-order valence-corrected chi connectivity index (χ0v) is 13.1. The van der Waals surface area contributed by atoms with E-state index in [2.05, 4.69) is 9.97 Å². The maximum absolute atomic E-state index is 13.9. The van der Waals surface area contributed by atoms with Gasteiger partial charge >= 0.3 is 0 Å². The number of hydrogen-bond acceptors (Lipinski definition) is 7. The zero-order valence-electron chi connectivity index (χ0n) is 12.3. The molecule has 1 aromatic carbocycles. The Bertz CT molecular complexity index is 921. The minimum Gasteiger partial charge on any atom is -0.382 e. The summed E-state index contributed by atoms with van der Waals surface area (Å²) < 4.78 is 39.1. The third-order valence-corrected chi connectivity index (χ3v) is 4.86. The van der Waals surface area contributed by atoms with E-state index in [9.17, 15) is 18.1 Å². The summed E-state index contributed by atoms with van der Waals surface area (Å²) in [6, 6.07) is 5.16. The molecule has 0 aliphatic carbocycles. The Kier molecular flexibility index (Phi) is 4.18. The SMILES string of the molecule is CN(C)S(=O)(=O)c1cc(-c2nc(N)nc(N)c2C#N)ccc1F. The molecule has 10 heteroatoms. The van der Waals surface area contributed by atoms with E-state index >= 15 is 0 Å². The van der Waals surface area contributed by atoms with Gasteiger partial charge in [0.2, 0.25) is 16.0 Å². The van der Waals surface area contributed by atoms with Crippen LogP contribution >= 0.6 is 0 Å². The lowest BCUT2D eigenvalue weighted by atomic mass is 10.1. The van der Waals surface area contributed by atoms with Gasteiger partial charge in [-0.3, -0.25) is 0 Å². The van der Waals surface area contributed by atoms with E-state index in [-0.39, 0.29) is 28.6 Å². The van der Waals surface area contributed by atoms with Crippen molar-refractivity contribution < 1.29 is 12.8 Å². The van der Waals surface area contributed by atoms with Crippen molar-refractivity contribution in [2.75, 3.05) is 25.6 Å². The summed E-state index contributed by atoms with van der Waals surface area (Å²) in [6.07, 6.45) is 0. The average molecular weight is 336 g/mol. The van der Waals surface area contributed by atoms with E-state index in [0.717, 1.165) is 16.4 Å². The predicted octanol–water partition coefficient (Wildman–Crippen LogP) is 0.569. The topological polar surface area (TPSA) is 139 Å². The molecule has 0 amide bonds. The maximum atomic E-state index is 13.9. The first kappa shape index (κ1) is 16.6. The minimum absolute atomic E-state index is 0.0349. The smallest absolute Gasteiger partial charge is 0.245 e. The lowest BCUT2D eigenvalue weighted by molar-refractivity contribution is 0.508. The first-order valence-electron chi connectivity index (χ1n) is 6.24. The molecule has 0 saturated heterocycles.